The van der Waals surface area contributed by atoms with E-state index >= 15 is 0 Å². The molecule has 0 spiro atoms. The number of hydrogen-bond acceptors (Lipinski definition) is 4. The smallest absolute Gasteiger partial charge is 0.297 e. The number of halogens is 3. The molecule has 7 nitrogen and oxygen atoms in total. The van der Waals surface area contributed by atoms with Crippen LogP contribution in [0.3, 0.4) is 0 Å². The van der Waals surface area contributed by atoms with Gasteiger partial charge in [-0.2, -0.15) is 23.4 Å². The number of hydrogen-bond donors (Lipinski definition) is 1. The van der Waals surface area contributed by atoms with Crippen LogP contribution in [0, 0.1) is 0 Å². The first kappa shape index (κ1) is 20.1. The van der Waals surface area contributed by atoms with Crippen molar-refractivity contribution in [3.63, 3.8) is 0 Å². The molecular formula is C19H17F3N6OS. The van der Waals surface area contributed by atoms with Crippen molar-refractivity contribution in [2.75, 3.05) is 4.72 Å². The van der Waals surface area contributed by atoms with Crippen molar-refractivity contribution in [3.8, 4) is 5.69 Å². The van der Waals surface area contributed by atoms with E-state index in [2.05, 4.69) is 19.9 Å². The van der Waals surface area contributed by atoms with Gasteiger partial charge in [-0.3, -0.25) is 9.40 Å². The summed E-state index contributed by atoms with van der Waals surface area (Å²) in [4.78, 5) is 4.14. The summed E-state index contributed by atoms with van der Waals surface area (Å²) in [5.41, 5.74) is 1.99. The second-order valence-electron chi connectivity index (χ2n) is 6.56. The second kappa shape index (κ2) is 7.56. The highest BCUT2D eigenvalue weighted by molar-refractivity contribution is 7.86. The van der Waals surface area contributed by atoms with Crippen molar-refractivity contribution in [2.45, 2.75) is 24.5 Å². The van der Waals surface area contributed by atoms with Crippen LogP contribution < -0.4 is 4.72 Å². The molecule has 1 aromatic carbocycles. The van der Waals surface area contributed by atoms with E-state index in [1.54, 1.807) is 10.9 Å². The molecule has 0 fully saturated rings. The van der Waals surface area contributed by atoms with Gasteiger partial charge in [0.15, 0.2) is 11.0 Å². The monoisotopic (exact) mass is 434 g/mol. The van der Waals surface area contributed by atoms with Crippen molar-refractivity contribution in [1.29, 1.82) is 0 Å². The number of anilines is 1. The molecule has 0 saturated carbocycles. The molecule has 3 aromatic heterocycles. The van der Waals surface area contributed by atoms with Gasteiger partial charge in [0.05, 0.1) is 41.0 Å². The largest absolute Gasteiger partial charge is 0.419 e. The number of aromatic nitrogens is 5. The number of fused-ring (bicyclic) bond motifs is 1. The van der Waals surface area contributed by atoms with Crippen molar-refractivity contribution >= 4 is 27.6 Å². The lowest BCUT2D eigenvalue weighted by Gasteiger charge is -2.13. The number of nitrogens with zero attached hydrogens (tertiary/aromatic N) is 5. The summed E-state index contributed by atoms with van der Waals surface area (Å²) >= 11 is 0. The van der Waals surface area contributed by atoms with E-state index in [1.807, 2.05) is 26.1 Å². The Balaban J connectivity index is 1.60. The van der Waals surface area contributed by atoms with Crippen molar-refractivity contribution in [3.05, 3.63) is 60.2 Å². The van der Waals surface area contributed by atoms with Crippen molar-refractivity contribution in [2.24, 2.45) is 7.05 Å². The van der Waals surface area contributed by atoms with Crippen LogP contribution in [0.4, 0.5) is 18.9 Å². The van der Waals surface area contributed by atoms with Gasteiger partial charge in [0.2, 0.25) is 0 Å². The molecule has 0 amide bonds. The summed E-state index contributed by atoms with van der Waals surface area (Å²) in [6.45, 7) is 2.00. The topological polar surface area (TPSA) is 77.6 Å². The molecule has 0 aliphatic heterocycles. The molecule has 0 aliphatic rings. The van der Waals surface area contributed by atoms with Crippen LogP contribution >= 0.6 is 0 Å². The Morgan fingerprint density at radius 3 is 2.53 bits per heavy atom. The molecule has 3 heterocycles. The molecule has 1 N–H and O–H groups in total. The Morgan fingerprint density at radius 1 is 1.10 bits per heavy atom. The molecule has 4 rings (SSSR count). The maximum Gasteiger partial charge on any atom is 0.419 e. The van der Waals surface area contributed by atoms with E-state index in [-0.39, 0.29) is 5.03 Å². The quantitative estimate of drug-likeness (QED) is 0.517. The fourth-order valence-electron chi connectivity index (χ4n) is 3.09. The fourth-order valence-corrected chi connectivity index (χ4v) is 3.95. The zero-order valence-electron chi connectivity index (χ0n) is 16.0. The zero-order chi connectivity index (χ0) is 21.5. The predicted molar refractivity (Wildman–Crippen MR) is 106 cm³/mol. The van der Waals surface area contributed by atoms with Gasteiger partial charge in [-0.1, -0.05) is 19.1 Å². The minimum Gasteiger partial charge on any atom is -0.297 e. The minimum absolute atomic E-state index is 0.239. The van der Waals surface area contributed by atoms with Gasteiger partial charge in [0.25, 0.3) is 0 Å². The zero-order valence-corrected chi connectivity index (χ0v) is 16.8. The SMILES string of the molecule is CCc1ccc2cnn(C)c2c1NS(=O)c1ccc(-n2cc(C(F)(F)F)cn2)cn1. The minimum atomic E-state index is -4.47. The average Bonchev–Trinajstić information content (AvgIpc) is 3.36. The summed E-state index contributed by atoms with van der Waals surface area (Å²) in [5, 5.41) is 9.11. The van der Waals surface area contributed by atoms with Crippen LogP contribution in [-0.2, 0) is 30.6 Å². The Bertz CT molecular complexity index is 1230. The van der Waals surface area contributed by atoms with Crippen LogP contribution in [-0.4, -0.2) is 28.8 Å². The average molecular weight is 434 g/mol. The Kier molecular flexibility index (Phi) is 5.06. The lowest BCUT2D eigenvalue weighted by Crippen LogP contribution is -2.10. The number of alkyl halides is 3. The number of aryl methyl sites for hydroxylation is 2. The summed E-state index contributed by atoms with van der Waals surface area (Å²) < 4.78 is 56.9. The van der Waals surface area contributed by atoms with Gasteiger partial charge in [-0.05, 0) is 24.1 Å². The highest BCUT2D eigenvalue weighted by Gasteiger charge is 2.32. The highest BCUT2D eigenvalue weighted by Crippen LogP contribution is 2.30. The number of benzene rings is 1. The third kappa shape index (κ3) is 3.67. The third-order valence-corrected chi connectivity index (χ3v) is 5.66. The Labute approximate surface area is 172 Å². The molecule has 1 unspecified atom stereocenters. The van der Waals surface area contributed by atoms with Crippen LogP contribution in [0.1, 0.15) is 18.1 Å². The van der Waals surface area contributed by atoms with Crippen LogP contribution in [0.5, 0.6) is 0 Å². The normalized spacial score (nSPS) is 13.0. The first-order chi connectivity index (χ1) is 14.3. The molecule has 156 valence electrons. The van der Waals surface area contributed by atoms with E-state index in [4.69, 9.17) is 0 Å². The number of rotatable bonds is 5. The van der Waals surface area contributed by atoms with Crippen LogP contribution in [0.25, 0.3) is 16.6 Å². The van der Waals surface area contributed by atoms with Gasteiger partial charge in [0.1, 0.15) is 5.03 Å². The van der Waals surface area contributed by atoms with E-state index in [9.17, 15) is 17.4 Å². The molecule has 4 aromatic rings. The first-order valence-corrected chi connectivity index (χ1v) is 10.1. The molecule has 11 heteroatoms. The molecule has 0 radical (unpaired) electrons. The van der Waals surface area contributed by atoms with Crippen molar-refractivity contribution in [1.82, 2.24) is 24.5 Å². The van der Waals surface area contributed by atoms with E-state index in [0.29, 0.717) is 11.4 Å². The summed E-state index contributed by atoms with van der Waals surface area (Å²) in [7, 11) is 0.128. The molecule has 0 bridgehead atoms. The van der Waals surface area contributed by atoms with Gasteiger partial charge >= 0.3 is 6.18 Å². The second-order valence-corrected chi connectivity index (χ2v) is 7.72. The van der Waals surface area contributed by atoms with Crippen LogP contribution in [0.15, 0.2) is 54.1 Å². The van der Waals surface area contributed by atoms with Gasteiger partial charge in [0, 0.05) is 18.6 Å². The highest BCUT2D eigenvalue weighted by atomic mass is 32.2. The lowest BCUT2D eigenvalue weighted by atomic mass is 10.1. The van der Waals surface area contributed by atoms with Gasteiger partial charge < -0.3 is 0 Å². The number of nitrogens with one attached hydrogen (secondary N) is 1. The van der Waals surface area contributed by atoms with Crippen molar-refractivity contribution < 1.29 is 17.4 Å². The lowest BCUT2D eigenvalue weighted by molar-refractivity contribution is -0.137. The summed E-state index contributed by atoms with van der Waals surface area (Å²) in [6, 6.07) is 6.92. The fraction of sp³-hybridized carbons (Fsp3) is 0.211. The third-order valence-electron chi connectivity index (χ3n) is 4.65. The Hall–Kier alpha value is -3.21. The first-order valence-electron chi connectivity index (χ1n) is 8.98. The molecule has 1 atom stereocenters. The van der Waals surface area contributed by atoms with E-state index in [0.717, 1.165) is 40.0 Å². The standard InChI is InChI=1S/C19H17F3N6OS/c1-3-12-4-5-13-8-24-27(2)18(13)17(12)26-30(29)16-7-6-15(10-23-16)28-11-14(9-25-28)19(20,21)22/h4-11,26H,3H2,1-2H3. The van der Waals surface area contributed by atoms with E-state index in [1.165, 1.54) is 18.3 Å². The summed E-state index contributed by atoms with van der Waals surface area (Å²) in [5.74, 6) is 0. The maximum atomic E-state index is 12.9. The van der Waals surface area contributed by atoms with E-state index < -0.39 is 22.7 Å². The molecular weight excluding hydrogens is 417 g/mol. The molecule has 0 aliphatic carbocycles. The maximum absolute atomic E-state index is 12.9. The van der Waals surface area contributed by atoms with Gasteiger partial charge in [-0.15, -0.1) is 0 Å². The van der Waals surface area contributed by atoms with Crippen LogP contribution in [0.2, 0.25) is 0 Å². The number of pyridine rings is 1. The summed E-state index contributed by atoms with van der Waals surface area (Å²) in [6.07, 6.45) is 0.939. The van der Waals surface area contributed by atoms with Gasteiger partial charge in [-0.25, -0.2) is 13.9 Å². The molecule has 0 saturated heterocycles. The predicted octanol–water partition coefficient (Wildman–Crippen LogP) is 3.87. The molecule has 30 heavy (non-hydrogen) atoms. The Morgan fingerprint density at radius 2 is 1.90 bits per heavy atom.